The predicted octanol–water partition coefficient (Wildman–Crippen LogP) is 5.33. The van der Waals surface area contributed by atoms with Gasteiger partial charge in [-0.2, -0.15) is 0 Å². The second-order valence-electron chi connectivity index (χ2n) is 8.77. The van der Waals surface area contributed by atoms with Crippen molar-refractivity contribution in [1.29, 1.82) is 0 Å². The van der Waals surface area contributed by atoms with Gasteiger partial charge in [0.25, 0.3) is 5.91 Å². The Morgan fingerprint density at radius 3 is 2.64 bits per heavy atom. The van der Waals surface area contributed by atoms with Crippen molar-refractivity contribution in [2.45, 2.75) is 12.5 Å². The molecule has 0 saturated carbocycles. The minimum atomic E-state index is -0.676. The van der Waals surface area contributed by atoms with Gasteiger partial charge >= 0.3 is 0 Å². The number of thiophene rings is 1. The van der Waals surface area contributed by atoms with Crippen LogP contribution in [0.1, 0.15) is 27.7 Å². The van der Waals surface area contributed by atoms with E-state index in [1.165, 1.54) is 23.5 Å². The van der Waals surface area contributed by atoms with Crippen molar-refractivity contribution in [2.24, 2.45) is 0 Å². The van der Waals surface area contributed by atoms with Crippen LogP contribution >= 0.6 is 11.3 Å². The molecule has 0 spiro atoms. The topological polar surface area (TPSA) is 63.7 Å². The minimum absolute atomic E-state index is 0.180. The van der Waals surface area contributed by atoms with E-state index in [1.54, 1.807) is 6.20 Å². The first-order valence-corrected chi connectivity index (χ1v) is 12.6. The normalized spacial score (nSPS) is 17.5. The first kappa shape index (κ1) is 22.9. The van der Waals surface area contributed by atoms with Gasteiger partial charge in [0.1, 0.15) is 22.3 Å². The number of halogens is 2. The molecule has 0 bridgehead atoms. The zero-order chi connectivity index (χ0) is 24.6. The Morgan fingerprint density at radius 1 is 1.06 bits per heavy atom. The molecule has 1 N–H and O–H groups in total. The standard InChI is InChI=1S/C27H23F2N3O3S/c28-17-13-16(14-18(29)15-17)23-25-20(5-7-30-23)24(32-8-11-34-12-9-32)26(36-25)27(33)31-21-6-10-35-22-4-2-1-3-19(21)22/h1-5,7,13-15,21H,6,8-12H2,(H,31,33)/t21-/m0/s1. The van der Waals surface area contributed by atoms with Crippen LogP contribution in [0, 0.1) is 11.6 Å². The molecule has 1 atom stereocenters. The number of aromatic nitrogens is 1. The number of nitrogens with zero attached hydrogens (tertiary/aromatic N) is 2. The molecule has 2 aromatic heterocycles. The summed E-state index contributed by atoms with van der Waals surface area (Å²) in [6, 6.07) is 12.8. The first-order valence-electron chi connectivity index (χ1n) is 11.8. The van der Waals surface area contributed by atoms with Gasteiger partial charge in [-0.15, -0.1) is 11.3 Å². The fourth-order valence-electron chi connectivity index (χ4n) is 4.88. The van der Waals surface area contributed by atoms with Crippen LogP contribution in [0.25, 0.3) is 21.3 Å². The molecule has 0 radical (unpaired) electrons. The molecule has 0 aliphatic carbocycles. The Morgan fingerprint density at radius 2 is 1.83 bits per heavy atom. The lowest BCUT2D eigenvalue weighted by molar-refractivity contribution is 0.0927. The molecule has 2 aromatic carbocycles. The Hall–Kier alpha value is -3.56. The minimum Gasteiger partial charge on any atom is -0.493 e. The number of rotatable bonds is 4. The van der Waals surface area contributed by atoms with Crippen LogP contribution in [0.5, 0.6) is 5.75 Å². The molecule has 2 aliphatic heterocycles. The molecule has 1 fully saturated rings. The van der Waals surface area contributed by atoms with Gasteiger partial charge < -0.3 is 19.7 Å². The van der Waals surface area contributed by atoms with E-state index in [-0.39, 0.29) is 11.9 Å². The number of morpholine rings is 1. The van der Waals surface area contributed by atoms with Crippen molar-refractivity contribution in [1.82, 2.24) is 10.3 Å². The second kappa shape index (κ2) is 9.48. The monoisotopic (exact) mass is 507 g/mol. The number of hydrogen-bond acceptors (Lipinski definition) is 6. The van der Waals surface area contributed by atoms with Crippen LogP contribution in [0.15, 0.2) is 54.7 Å². The lowest BCUT2D eigenvalue weighted by Gasteiger charge is -2.30. The summed E-state index contributed by atoms with van der Waals surface area (Å²) in [4.78, 5) is 20.9. The lowest BCUT2D eigenvalue weighted by Crippen LogP contribution is -2.38. The van der Waals surface area contributed by atoms with E-state index >= 15 is 0 Å². The summed E-state index contributed by atoms with van der Waals surface area (Å²) in [5.41, 5.74) is 2.53. The number of benzene rings is 2. The number of anilines is 1. The van der Waals surface area contributed by atoms with E-state index in [0.717, 1.165) is 28.5 Å². The highest BCUT2D eigenvalue weighted by molar-refractivity contribution is 7.22. The van der Waals surface area contributed by atoms with Gasteiger partial charge in [0.05, 0.1) is 41.9 Å². The Bertz CT molecular complexity index is 1430. The molecule has 6 rings (SSSR count). The summed E-state index contributed by atoms with van der Waals surface area (Å²) < 4.78 is 40.1. The van der Waals surface area contributed by atoms with E-state index in [9.17, 15) is 13.6 Å². The summed E-state index contributed by atoms with van der Waals surface area (Å²) in [7, 11) is 0. The molecule has 0 unspecified atom stereocenters. The van der Waals surface area contributed by atoms with Crippen LogP contribution in [0.2, 0.25) is 0 Å². The predicted molar refractivity (Wildman–Crippen MR) is 135 cm³/mol. The number of para-hydroxylation sites is 1. The van der Waals surface area contributed by atoms with Crippen molar-refractivity contribution >= 4 is 33.0 Å². The number of amides is 1. The molecule has 184 valence electrons. The summed E-state index contributed by atoms with van der Waals surface area (Å²) >= 11 is 1.30. The second-order valence-corrected chi connectivity index (χ2v) is 9.80. The largest absolute Gasteiger partial charge is 0.493 e. The average molecular weight is 508 g/mol. The number of fused-ring (bicyclic) bond motifs is 2. The number of ether oxygens (including phenoxy) is 2. The molecule has 6 nitrogen and oxygen atoms in total. The van der Waals surface area contributed by atoms with Crippen LogP contribution in [-0.2, 0) is 4.74 Å². The summed E-state index contributed by atoms with van der Waals surface area (Å²) in [6.07, 6.45) is 2.28. The quantitative estimate of drug-likeness (QED) is 0.405. The van der Waals surface area contributed by atoms with E-state index < -0.39 is 11.6 Å². The van der Waals surface area contributed by atoms with Crippen molar-refractivity contribution in [3.63, 3.8) is 0 Å². The maximum absolute atomic E-state index is 14.0. The third-order valence-corrected chi connectivity index (χ3v) is 7.71. The maximum Gasteiger partial charge on any atom is 0.264 e. The molecule has 36 heavy (non-hydrogen) atoms. The van der Waals surface area contributed by atoms with Gasteiger partial charge in [-0.1, -0.05) is 18.2 Å². The van der Waals surface area contributed by atoms with Gasteiger partial charge in [0.2, 0.25) is 0 Å². The first-order chi connectivity index (χ1) is 17.6. The van der Waals surface area contributed by atoms with E-state index in [4.69, 9.17) is 9.47 Å². The number of pyridine rings is 1. The molecule has 1 amide bonds. The summed E-state index contributed by atoms with van der Waals surface area (Å²) in [5.74, 6) is -0.774. The van der Waals surface area contributed by atoms with Crippen molar-refractivity contribution in [2.75, 3.05) is 37.8 Å². The van der Waals surface area contributed by atoms with Gasteiger partial charge in [0.15, 0.2) is 0 Å². The number of hydrogen-bond donors (Lipinski definition) is 1. The van der Waals surface area contributed by atoms with E-state index in [0.29, 0.717) is 60.2 Å². The van der Waals surface area contributed by atoms with Crippen LogP contribution in [0.4, 0.5) is 14.5 Å². The van der Waals surface area contributed by atoms with Crippen molar-refractivity contribution in [3.05, 3.63) is 76.8 Å². The Kier molecular flexibility index (Phi) is 6.02. The van der Waals surface area contributed by atoms with E-state index in [1.807, 2.05) is 30.3 Å². The maximum atomic E-state index is 14.0. The highest BCUT2D eigenvalue weighted by Gasteiger charge is 2.29. The lowest BCUT2D eigenvalue weighted by atomic mass is 10.0. The van der Waals surface area contributed by atoms with Gasteiger partial charge in [-0.05, 0) is 24.3 Å². The van der Waals surface area contributed by atoms with E-state index in [2.05, 4.69) is 15.2 Å². The van der Waals surface area contributed by atoms with Crippen LogP contribution < -0.4 is 15.0 Å². The summed E-state index contributed by atoms with van der Waals surface area (Å²) in [6.45, 7) is 2.90. The highest BCUT2D eigenvalue weighted by atomic mass is 32.1. The number of carbonyl (C=O) groups is 1. The fraction of sp³-hybridized carbons (Fsp3) is 0.259. The third kappa shape index (κ3) is 4.18. The Labute approximate surface area is 210 Å². The van der Waals surface area contributed by atoms with Gasteiger partial charge in [0, 0.05) is 48.3 Å². The number of nitrogens with one attached hydrogen (secondary N) is 1. The van der Waals surface area contributed by atoms with Crippen molar-refractivity contribution < 1.29 is 23.0 Å². The smallest absolute Gasteiger partial charge is 0.264 e. The van der Waals surface area contributed by atoms with Crippen LogP contribution in [-0.4, -0.2) is 43.8 Å². The molecule has 9 heteroatoms. The Balaban J connectivity index is 1.45. The number of carbonyl (C=O) groups excluding carboxylic acids is 1. The molecular weight excluding hydrogens is 484 g/mol. The molecular formula is C27H23F2N3O3S. The molecule has 4 heterocycles. The SMILES string of the molecule is O=C(N[C@H]1CCOc2ccccc21)c1sc2c(-c3cc(F)cc(F)c3)nccc2c1N1CCOCC1. The van der Waals surface area contributed by atoms with Crippen LogP contribution in [0.3, 0.4) is 0 Å². The van der Waals surface area contributed by atoms with Crippen molar-refractivity contribution in [3.8, 4) is 17.0 Å². The van der Waals surface area contributed by atoms with Gasteiger partial charge in [-0.3, -0.25) is 9.78 Å². The molecule has 4 aromatic rings. The molecule has 1 saturated heterocycles. The average Bonchev–Trinajstić information content (AvgIpc) is 3.29. The highest BCUT2D eigenvalue weighted by Crippen LogP contribution is 2.43. The third-order valence-electron chi connectivity index (χ3n) is 6.51. The van der Waals surface area contributed by atoms with Gasteiger partial charge in [-0.25, -0.2) is 8.78 Å². The molecule has 2 aliphatic rings. The fourth-order valence-corrected chi connectivity index (χ4v) is 6.11. The zero-order valence-electron chi connectivity index (χ0n) is 19.3. The zero-order valence-corrected chi connectivity index (χ0v) is 20.1. The summed E-state index contributed by atoms with van der Waals surface area (Å²) in [5, 5.41) is 4.03.